The first-order chi connectivity index (χ1) is 13.3. The molecular formula is C22H24N4O2. The van der Waals surface area contributed by atoms with Crippen molar-refractivity contribution in [2.75, 3.05) is 13.6 Å². The lowest BCUT2D eigenvalue weighted by Gasteiger charge is -2.14. The Bertz CT molecular complexity index is 1040. The third-order valence-corrected chi connectivity index (χ3v) is 5.76. The number of aromatic nitrogens is 2. The monoisotopic (exact) mass is 376 g/mol. The summed E-state index contributed by atoms with van der Waals surface area (Å²) in [6.45, 7) is 4.79. The van der Waals surface area contributed by atoms with E-state index in [1.165, 1.54) is 0 Å². The fourth-order valence-electron chi connectivity index (χ4n) is 4.13. The third-order valence-electron chi connectivity index (χ3n) is 5.76. The molecule has 1 saturated heterocycles. The van der Waals surface area contributed by atoms with Gasteiger partial charge >= 0.3 is 0 Å². The van der Waals surface area contributed by atoms with E-state index in [9.17, 15) is 9.59 Å². The van der Waals surface area contributed by atoms with Crippen LogP contribution in [0, 0.1) is 23.2 Å². The van der Waals surface area contributed by atoms with Gasteiger partial charge in [0.25, 0.3) is 5.91 Å². The largest absolute Gasteiger partial charge is 0.364 e. The standard InChI is InChI=1S/C22H24N4O2/c1-14-11-17-18(12-14)26(24-19(17)20(23)27)16-6-4-5-15(13-16)7-8-22(2)9-10-25(3)21(22)28/h4-6,13-14H,9-12H2,1-3H3,(H2,23,27)/t14-,22+/m0/s1. The second-order valence-corrected chi connectivity index (χ2v) is 8.17. The molecule has 0 unspecified atom stereocenters. The summed E-state index contributed by atoms with van der Waals surface area (Å²) in [5.74, 6) is 6.38. The first-order valence-corrected chi connectivity index (χ1v) is 9.58. The molecule has 2 heterocycles. The SMILES string of the molecule is C[C@H]1Cc2c(C(N)=O)nn(-c3cccc(C#C[C@]4(C)CCN(C)C4=O)c3)c2C1. The minimum absolute atomic E-state index is 0.0705. The summed E-state index contributed by atoms with van der Waals surface area (Å²) >= 11 is 0. The van der Waals surface area contributed by atoms with Crippen LogP contribution in [-0.2, 0) is 17.6 Å². The van der Waals surface area contributed by atoms with Crippen LogP contribution in [0.3, 0.4) is 0 Å². The summed E-state index contributed by atoms with van der Waals surface area (Å²) in [4.78, 5) is 25.9. The molecule has 1 fully saturated rings. The Hall–Kier alpha value is -3.07. The van der Waals surface area contributed by atoms with Gasteiger partial charge in [0.05, 0.1) is 5.69 Å². The highest BCUT2D eigenvalue weighted by Crippen LogP contribution is 2.32. The van der Waals surface area contributed by atoms with Crippen LogP contribution in [0.1, 0.15) is 47.6 Å². The first-order valence-electron chi connectivity index (χ1n) is 9.58. The highest BCUT2D eigenvalue weighted by Gasteiger charge is 2.39. The Morgan fingerprint density at radius 3 is 2.82 bits per heavy atom. The van der Waals surface area contributed by atoms with Gasteiger partial charge in [-0.2, -0.15) is 5.10 Å². The molecule has 144 valence electrons. The topological polar surface area (TPSA) is 81.2 Å². The molecule has 1 aliphatic carbocycles. The van der Waals surface area contributed by atoms with E-state index in [0.717, 1.165) is 48.3 Å². The normalized spacial score (nSPS) is 23.5. The van der Waals surface area contributed by atoms with Crippen molar-refractivity contribution >= 4 is 11.8 Å². The van der Waals surface area contributed by atoms with Gasteiger partial charge in [-0.05, 0) is 50.3 Å². The number of rotatable bonds is 2. The molecule has 0 saturated carbocycles. The van der Waals surface area contributed by atoms with Crippen LogP contribution in [0.25, 0.3) is 5.69 Å². The zero-order valence-electron chi connectivity index (χ0n) is 16.5. The summed E-state index contributed by atoms with van der Waals surface area (Å²) in [6.07, 6.45) is 2.42. The minimum Gasteiger partial charge on any atom is -0.364 e. The molecule has 2 aliphatic rings. The van der Waals surface area contributed by atoms with Crippen molar-refractivity contribution in [3.63, 3.8) is 0 Å². The van der Waals surface area contributed by atoms with Gasteiger partial charge in [-0.3, -0.25) is 9.59 Å². The second-order valence-electron chi connectivity index (χ2n) is 8.17. The quantitative estimate of drug-likeness (QED) is 0.813. The third kappa shape index (κ3) is 2.97. The van der Waals surface area contributed by atoms with Gasteiger partial charge in [-0.1, -0.05) is 24.8 Å². The molecule has 28 heavy (non-hydrogen) atoms. The van der Waals surface area contributed by atoms with Gasteiger partial charge in [0.15, 0.2) is 5.69 Å². The zero-order chi connectivity index (χ0) is 20.1. The molecule has 2 aromatic rings. The number of likely N-dealkylation sites (tertiary alicyclic amines) is 1. The van der Waals surface area contributed by atoms with Crippen LogP contribution in [0.4, 0.5) is 0 Å². The Kier molecular flexibility index (Phi) is 4.26. The minimum atomic E-state index is -0.633. The molecule has 6 nitrogen and oxygen atoms in total. The summed E-state index contributed by atoms with van der Waals surface area (Å²) < 4.78 is 1.82. The number of amides is 2. The molecule has 0 spiro atoms. The van der Waals surface area contributed by atoms with Crippen LogP contribution >= 0.6 is 0 Å². The summed E-state index contributed by atoms with van der Waals surface area (Å²) in [5.41, 5.74) is 8.95. The fraction of sp³-hybridized carbons (Fsp3) is 0.409. The lowest BCUT2D eigenvalue weighted by molar-refractivity contribution is -0.131. The Morgan fingerprint density at radius 2 is 2.14 bits per heavy atom. The predicted octanol–water partition coefficient (Wildman–Crippen LogP) is 1.93. The summed E-state index contributed by atoms with van der Waals surface area (Å²) in [5, 5.41) is 4.48. The fourth-order valence-corrected chi connectivity index (χ4v) is 4.13. The highest BCUT2D eigenvalue weighted by molar-refractivity contribution is 5.93. The van der Waals surface area contributed by atoms with Crippen molar-refractivity contribution in [2.24, 2.45) is 17.1 Å². The predicted molar refractivity (Wildman–Crippen MR) is 106 cm³/mol. The van der Waals surface area contributed by atoms with Crippen LogP contribution in [0.5, 0.6) is 0 Å². The van der Waals surface area contributed by atoms with Gasteiger partial charge in [-0.15, -0.1) is 0 Å². The first kappa shape index (κ1) is 18.3. The van der Waals surface area contributed by atoms with E-state index in [-0.39, 0.29) is 5.91 Å². The van der Waals surface area contributed by atoms with E-state index < -0.39 is 11.3 Å². The van der Waals surface area contributed by atoms with Crippen molar-refractivity contribution in [2.45, 2.75) is 33.1 Å². The average molecular weight is 376 g/mol. The van der Waals surface area contributed by atoms with Crippen molar-refractivity contribution in [1.29, 1.82) is 0 Å². The molecule has 1 aliphatic heterocycles. The molecule has 6 heteroatoms. The maximum Gasteiger partial charge on any atom is 0.269 e. The maximum absolute atomic E-state index is 12.3. The molecule has 4 rings (SSSR count). The zero-order valence-corrected chi connectivity index (χ0v) is 16.5. The van der Waals surface area contributed by atoms with Gasteiger partial charge in [0, 0.05) is 30.4 Å². The van der Waals surface area contributed by atoms with Gasteiger partial charge < -0.3 is 10.6 Å². The van der Waals surface area contributed by atoms with E-state index in [1.54, 1.807) is 4.90 Å². The molecule has 2 atom stereocenters. The smallest absolute Gasteiger partial charge is 0.269 e. The molecular weight excluding hydrogens is 352 g/mol. The Morgan fingerprint density at radius 1 is 1.36 bits per heavy atom. The number of hydrogen-bond acceptors (Lipinski definition) is 3. The van der Waals surface area contributed by atoms with Crippen molar-refractivity contribution in [3.05, 3.63) is 46.8 Å². The van der Waals surface area contributed by atoms with Gasteiger partial charge in [0.2, 0.25) is 5.91 Å². The molecule has 2 amide bonds. The van der Waals surface area contributed by atoms with E-state index in [2.05, 4.69) is 23.9 Å². The summed E-state index contributed by atoms with van der Waals surface area (Å²) in [7, 11) is 1.81. The van der Waals surface area contributed by atoms with E-state index >= 15 is 0 Å². The number of nitrogens with two attached hydrogens (primary N) is 1. The van der Waals surface area contributed by atoms with Crippen LogP contribution < -0.4 is 5.73 Å². The number of nitrogens with zero attached hydrogens (tertiary/aromatic N) is 3. The Balaban J connectivity index is 1.70. The molecule has 1 aromatic carbocycles. The number of carbonyl (C=O) groups is 2. The molecule has 1 aromatic heterocycles. The van der Waals surface area contributed by atoms with E-state index in [0.29, 0.717) is 11.6 Å². The van der Waals surface area contributed by atoms with Crippen LogP contribution in [-0.4, -0.2) is 40.1 Å². The number of benzene rings is 1. The molecule has 2 N–H and O–H groups in total. The lowest BCUT2D eigenvalue weighted by atomic mass is 9.89. The molecule has 0 bridgehead atoms. The van der Waals surface area contributed by atoms with Gasteiger partial charge in [0.1, 0.15) is 5.41 Å². The van der Waals surface area contributed by atoms with Gasteiger partial charge in [-0.25, -0.2) is 4.68 Å². The Labute approximate surface area is 164 Å². The van der Waals surface area contributed by atoms with E-state index in [1.807, 2.05) is 42.9 Å². The van der Waals surface area contributed by atoms with Crippen LogP contribution in [0.15, 0.2) is 24.3 Å². The summed E-state index contributed by atoms with van der Waals surface area (Å²) in [6, 6.07) is 7.73. The molecule has 0 radical (unpaired) electrons. The van der Waals surface area contributed by atoms with Crippen molar-refractivity contribution < 1.29 is 9.59 Å². The van der Waals surface area contributed by atoms with Crippen molar-refractivity contribution in [1.82, 2.24) is 14.7 Å². The number of hydrogen-bond donors (Lipinski definition) is 1. The van der Waals surface area contributed by atoms with Crippen molar-refractivity contribution in [3.8, 4) is 17.5 Å². The highest BCUT2D eigenvalue weighted by atomic mass is 16.2. The second kappa shape index (κ2) is 6.52. The average Bonchev–Trinajstić information content (AvgIpc) is 3.28. The lowest BCUT2D eigenvalue weighted by Crippen LogP contribution is -2.28. The number of primary amides is 1. The maximum atomic E-state index is 12.3. The number of fused-ring (bicyclic) bond motifs is 1. The van der Waals surface area contributed by atoms with Crippen LogP contribution in [0.2, 0.25) is 0 Å². The van der Waals surface area contributed by atoms with E-state index in [4.69, 9.17) is 5.73 Å². The number of carbonyl (C=O) groups excluding carboxylic acids is 2.